The van der Waals surface area contributed by atoms with Crippen LogP contribution in [0.1, 0.15) is 20.2 Å². The number of amides is 1. The largest absolute Gasteiger partial charge is 0.352 e. The van der Waals surface area contributed by atoms with E-state index in [0.717, 1.165) is 20.5 Å². The molecule has 1 aromatic carbocycles. The minimum atomic E-state index is -0.575. The zero-order valence-electron chi connectivity index (χ0n) is 12.8. The SMILES string of the molecule is Cc1nc(-c2ccc(CCNC(=O)c3cc(Cl)ccc3F)s2)cs1. The zero-order valence-corrected chi connectivity index (χ0v) is 15.2. The average molecular weight is 381 g/mol. The van der Waals surface area contributed by atoms with Gasteiger partial charge in [0, 0.05) is 21.8 Å². The van der Waals surface area contributed by atoms with Crippen molar-refractivity contribution >= 4 is 40.2 Å². The van der Waals surface area contributed by atoms with E-state index in [0.29, 0.717) is 18.0 Å². The summed E-state index contributed by atoms with van der Waals surface area (Å²) < 4.78 is 13.6. The Morgan fingerprint density at radius 2 is 2.17 bits per heavy atom. The molecule has 0 saturated carbocycles. The van der Waals surface area contributed by atoms with Gasteiger partial charge in [0.15, 0.2) is 0 Å². The van der Waals surface area contributed by atoms with E-state index in [9.17, 15) is 9.18 Å². The highest BCUT2D eigenvalue weighted by molar-refractivity contribution is 7.16. The van der Waals surface area contributed by atoms with Gasteiger partial charge in [-0.05, 0) is 43.7 Å². The van der Waals surface area contributed by atoms with Gasteiger partial charge in [-0.1, -0.05) is 11.6 Å². The van der Waals surface area contributed by atoms with Gasteiger partial charge >= 0.3 is 0 Å². The molecule has 0 aliphatic carbocycles. The summed E-state index contributed by atoms with van der Waals surface area (Å²) in [6.07, 6.45) is 0.682. The third kappa shape index (κ3) is 4.01. The minimum absolute atomic E-state index is 0.0349. The second-order valence-electron chi connectivity index (χ2n) is 5.15. The summed E-state index contributed by atoms with van der Waals surface area (Å²) in [6.45, 7) is 2.41. The Morgan fingerprint density at radius 1 is 1.33 bits per heavy atom. The van der Waals surface area contributed by atoms with E-state index in [1.807, 2.05) is 24.4 Å². The number of nitrogens with one attached hydrogen (secondary N) is 1. The average Bonchev–Trinajstić information content (AvgIpc) is 3.18. The summed E-state index contributed by atoms with van der Waals surface area (Å²) in [4.78, 5) is 18.7. The molecular formula is C17H14ClFN2OS2. The molecule has 124 valence electrons. The van der Waals surface area contributed by atoms with Crippen molar-refractivity contribution in [3.63, 3.8) is 0 Å². The van der Waals surface area contributed by atoms with Gasteiger partial charge in [-0.15, -0.1) is 22.7 Å². The Bertz CT molecular complexity index is 875. The molecule has 24 heavy (non-hydrogen) atoms. The maximum atomic E-state index is 13.6. The van der Waals surface area contributed by atoms with Crippen LogP contribution in [0.3, 0.4) is 0 Å². The first-order chi connectivity index (χ1) is 11.5. The molecule has 0 atom stereocenters. The number of carbonyl (C=O) groups is 1. The number of benzene rings is 1. The fourth-order valence-corrected chi connectivity index (χ4v) is 4.02. The first kappa shape index (κ1) is 17.1. The predicted octanol–water partition coefficient (Wildman–Crippen LogP) is 4.95. The molecule has 3 rings (SSSR count). The number of nitrogens with zero attached hydrogens (tertiary/aromatic N) is 1. The molecule has 2 aromatic heterocycles. The van der Waals surface area contributed by atoms with Crippen molar-refractivity contribution in [2.75, 3.05) is 6.54 Å². The molecule has 2 heterocycles. The fourth-order valence-electron chi connectivity index (χ4n) is 2.19. The second-order valence-corrected chi connectivity index (χ2v) is 7.81. The predicted molar refractivity (Wildman–Crippen MR) is 97.6 cm³/mol. The van der Waals surface area contributed by atoms with Crippen molar-refractivity contribution in [3.8, 4) is 10.6 Å². The molecular weight excluding hydrogens is 367 g/mol. The van der Waals surface area contributed by atoms with Crippen molar-refractivity contribution in [3.05, 3.63) is 62.0 Å². The molecule has 0 spiro atoms. The van der Waals surface area contributed by atoms with Gasteiger partial charge in [-0.3, -0.25) is 4.79 Å². The summed E-state index contributed by atoms with van der Waals surface area (Å²) in [7, 11) is 0. The molecule has 0 unspecified atom stereocenters. The van der Waals surface area contributed by atoms with Crippen molar-refractivity contribution in [1.82, 2.24) is 10.3 Å². The number of carbonyl (C=O) groups excluding carboxylic acids is 1. The fraction of sp³-hybridized carbons (Fsp3) is 0.176. The van der Waals surface area contributed by atoms with Crippen molar-refractivity contribution in [1.29, 1.82) is 0 Å². The van der Waals surface area contributed by atoms with Crippen molar-refractivity contribution in [2.24, 2.45) is 0 Å². The van der Waals surface area contributed by atoms with Crippen LogP contribution in [0.2, 0.25) is 5.02 Å². The van der Waals surface area contributed by atoms with E-state index in [1.54, 1.807) is 22.7 Å². The normalized spacial score (nSPS) is 10.8. The highest BCUT2D eigenvalue weighted by Crippen LogP contribution is 2.29. The lowest BCUT2D eigenvalue weighted by molar-refractivity contribution is 0.0950. The third-order valence-corrected chi connectivity index (χ3v) is 5.54. The first-order valence-corrected chi connectivity index (χ1v) is 9.35. The van der Waals surface area contributed by atoms with Crippen LogP contribution >= 0.6 is 34.3 Å². The summed E-state index contributed by atoms with van der Waals surface area (Å²) in [5, 5.41) is 6.13. The van der Waals surface area contributed by atoms with E-state index < -0.39 is 11.7 Å². The maximum Gasteiger partial charge on any atom is 0.254 e. The second kappa shape index (κ2) is 7.42. The standard InChI is InChI=1S/C17H14ClFN2OS2/c1-10-21-15(9-23-10)16-5-3-12(24-16)6-7-20-17(22)13-8-11(18)2-4-14(13)19/h2-5,8-9H,6-7H2,1H3,(H,20,22). The van der Waals surface area contributed by atoms with E-state index in [4.69, 9.17) is 11.6 Å². The maximum absolute atomic E-state index is 13.6. The molecule has 7 heteroatoms. The zero-order chi connectivity index (χ0) is 17.1. The minimum Gasteiger partial charge on any atom is -0.352 e. The van der Waals surface area contributed by atoms with Crippen molar-refractivity contribution in [2.45, 2.75) is 13.3 Å². The van der Waals surface area contributed by atoms with Gasteiger partial charge in [0.25, 0.3) is 5.91 Å². The summed E-state index contributed by atoms with van der Waals surface area (Å²) >= 11 is 9.08. The number of aromatic nitrogens is 1. The number of hydrogen-bond acceptors (Lipinski definition) is 4. The molecule has 0 aliphatic rings. The molecule has 1 N–H and O–H groups in total. The molecule has 0 radical (unpaired) electrons. The lowest BCUT2D eigenvalue weighted by Gasteiger charge is -2.05. The lowest BCUT2D eigenvalue weighted by atomic mass is 10.2. The Balaban J connectivity index is 1.58. The van der Waals surface area contributed by atoms with Gasteiger partial charge in [0.05, 0.1) is 21.1 Å². The van der Waals surface area contributed by atoms with Crippen LogP contribution in [0.5, 0.6) is 0 Å². The highest BCUT2D eigenvalue weighted by atomic mass is 35.5. The Morgan fingerprint density at radius 3 is 2.92 bits per heavy atom. The number of hydrogen-bond donors (Lipinski definition) is 1. The van der Waals surface area contributed by atoms with Crippen molar-refractivity contribution < 1.29 is 9.18 Å². The first-order valence-electron chi connectivity index (χ1n) is 7.27. The molecule has 3 nitrogen and oxygen atoms in total. The molecule has 3 aromatic rings. The van der Waals surface area contributed by atoms with Crippen LogP contribution in [0.25, 0.3) is 10.6 Å². The van der Waals surface area contributed by atoms with Gasteiger partial charge in [-0.25, -0.2) is 9.37 Å². The lowest BCUT2D eigenvalue weighted by Crippen LogP contribution is -2.26. The molecule has 0 aliphatic heterocycles. The van der Waals surface area contributed by atoms with E-state index in [2.05, 4.69) is 10.3 Å². The van der Waals surface area contributed by atoms with Crippen LogP contribution in [-0.4, -0.2) is 17.4 Å². The molecule has 0 bridgehead atoms. The van der Waals surface area contributed by atoms with Crippen LogP contribution in [0.4, 0.5) is 4.39 Å². The number of rotatable bonds is 5. The van der Waals surface area contributed by atoms with Crippen LogP contribution < -0.4 is 5.32 Å². The summed E-state index contributed by atoms with van der Waals surface area (Å²) in [5.74, 6) is -1.03. The number of thiophene rings is 1. The smallest absolute Gasteiger partial charge is 0.254 e. The molecule has 1 amide bonds. The highest BCUT2D eigenvalue weighted by Gasteiger charge is 2.12. The number of halogens is 2. The number of thiazole rings is 1. The third-order valence-electron chi connectivity index (χ3n) is 3.36. The Hall–Kier alpha value is -1.76. The summed E-state index contributed by atoms with van der Waals surface area (Å²) in [5.41, 5.74) is 0.950. The van der Waals surface area contributed by atoms with Gasteiger partial charge < -0.3 is 5.32 Å². The number of aryl methyl sites for hydroxylation is 1. The Kier molecular flexibility index (Phi) is 5.28. The topological polar surface area (TPSA) is 42.0 Å². The molecule has 0 saturated heterocycles. The van der Waals surface area contributed by atoms with E-state index in [-0.39, 0.29) is 5.56 Å². The van der Waals surface area contributed by atoms with E-state index in [1.165, 1.54) is 18.2 Å². The monoisotopic (exact) mass is 380 g/mol. The van der Waals surface area contributed by atoms with Gasteiger partial charge in [0.1, 0.15) is 5.82 Å². The van der Waals surface area contributed by atoms with Crippen LogP contribution in [0.15, 0.2) is 35.7 Å². The van der Waals surface area contributed by atoms with E-state index >= 15 is 0 Å². The van der Waals surface area contributed by atoms with Crippen LogP contribution in [0, 0.1) is 12.7 Å². The molecule has 0 fully saturated rings. The quantitative estimate of drug-likeness (QED) is 0.680. The van der Waals surface area contributed by atoms with Crippen LogP contribution in [-0.2, 0) is 6.42 Å². The van der Waals surface area contributed by atoms with Gasteiger partial charge in [-0.2, -0.15) is 0 Å². The summed E-state index contributed by atoms with van der Waals surface area (Å²) in [6, 6.07) is 8.01. The van der Waals surface area contributed by atoms with Gasteiger partial charge in [0.2, 0.25) is 0 Å². The Labute approximate surface area is 152 Å².